The van der Waals surface area contributed by atoms with Crippen LogP contribution in [0, 0.1) is 0 Å². The summed E-state index contributed by atoms with van der Waals surface area (Å²) >= 11 is 9.33. The molecule has 3 nitrogen and oxygen atoms in total. The molecule has 2 N–H and O–H groups in total. The third kappa shape index (κ3) is 2.46. The van der Waals surface area contributed by atoms with Crippen LogP contribution < -0.4 is 10.5 Å². The topological polar surface area (TPSA) is 48.1 Å². The maximum Gasteiger partial charge on any atom is 0.146 e. The fourth-order valence-corrected chi connectivity index (χ4v) is 1.72. The number of ether oxygens (including phenoxy) is 1. The number of halogens is 2. The van der Waals surface area contributed by atoms with Crippen molar-refractivity contribution in [3.63, 3.8) is 0 Å². The zero-order chi connectivity index (χ0) is 11.5. The number of benzene rings is 1. The Morgan fingerprint density at radius 1 is 1.25 bits per heavy atom. The van der Waals surface area contributed by atoms with Crippen LogP contribution in [-0.2, 0) is 0 Å². The first-order valence-electron chi connectivity index (χ1n) is 4.49. The third-order valence-corrected chi connectivity index (χ3v) is 2.80. The molecule has 0 atom stereocenters. The molecule has 5 heteroatoms. The van der Waals surface area contributed by atoms with Gasteiger partial charge in [-0.25, -0.2) is 0 Å². The lowest BCUT2D eigenvalue weighted by molar-refractivity contribution is 0.479. The van der Waals surface area contributed by atoms with E-state index in [1.54, 1.807) is 36.7 Å². The Bertz CT molecular complexity index is 519. The van der Waals surface area contributed by atoms with Gasteiger partial charge in [0.05, 0.1) is 9.50 Å². The molecule has 2 aromatic rings. The fraction of sp³-hybridized carbons (Fsp3) is 0. The fourth-order valence-electron chi connectivity index (χ4n) is 1.16. The van der Waals surface area contributed by atoms with Gasteiger partial charge >= 0.3 is 0 Å². The second kappa shape index (κ2) is 4.72. The molecule has 0 saturated heterocycles. The van der Waals surface area contributed by atoms with Gasteiger partial charge in [-0.1, -0.05) is 11.6 Å². The lowest BCUT2D eigenvalue weighted by Gasteiger charge is -2.08. The van der Waals surface area contributed by atoms with Crippen LogP contribution in [0.1, 0.15) is 0 Å². The Labute approximate surface area is 106 Å². The van der Waals surface area contributed by atoms with Gasteiger partial charge in [0.2, 0.25) is 0 Å². The first kappa shape index (κ1) is 11.2. The van der Waals surface area contributed by atoms with E-state index in [0.717, 1.165) is 4.47 Å². The Morgan fingerprint density at radius 2 is 2.06 bits per heavy atom. The summed E-state index contributed by atoms with van der Waals surface area (Å²) in [6.07, 6.45) is 3.30. The monoisotopic (exact) mass is 298 g/mol. The van der Waals surface area contributed by atoms with Gasteiger partial charge in [-0.3, -0.25) is 4.98 Å². The molecule has 1 aromatic heterocycles. The van der Waals surface area contributed by atoms with Gasteiger partial charge in [0.15, 0.2) is 0 Å². The lowest BCUT2D eigenvalue weighted by Crippen LogP contribution is -1.89. The molecule has 1 aromatic carbocycles. The highest BCUT2D eigenvalue weighted by molar-refractivity contribution is 9.10. The molecule has 0 amide bonds. The number of hydrogen-bond acceptors (Lipinski definition) is 3. The maximum absolute atomic E-state index is 6.00. The van der Waals surface area contributed by atoms with Crippen molar-refractivity contribution < 1.29 is 4.74 Å². The highest BCUT2D eigenvalue weighted by Gasteiger charge is 2.06. The molecule has 0 radical (unpaired) electrons. The van der Waals surface area contributed by atoms with E-state index in [2.05, 4.69) is 20.9 Å². The molecule has 0 aliphatic carbocycles. The summed E-state index contributed by atoms with van der Waals surface area (Å²) in [7, 11) is 0. The molecule has 1 heterocycles. The average Bonchev–Trinajstić information content (AvgIpc) is 2.25. The Kier molecular flexibility index (Phi) is 3.31. The quantitative estimate of drug-likeness (QED) is 0.856. The Balaban J connectivity index is 2.31. The molecule has 0 unspecified atom stereocenters. The summed E-state index contributed by atoms with van der Waals surface area (Å²) in [6.45, 7) is 0. The Hall–Kier alpha value is -1.26. The van der Waals surface area contributed by atoms with E-state index in [4.69, 9.17) is 22.1 Å². The van der Waals surface area contributed by atoms with Crippen LogP contribution in [0.4, 0.5) is 5.69 Å². The predicted molar refractivity (Wildman–Crippen MR) is 67.9 cm³/mol. The molecule has 82 valence electrons. The first-order chi connectivity index (χ1) is 7.66. The van der Waals surface area contributed by atoms with E-state index in [0.29, 0.717) is 22.2 Å². The highest BCUT2D eigenvalue weighted by atomic mass is 79.9. The van der Waals surface area contributed by atoms with Gasteiger partial charge in [0, 0.05) is 24.1 Å². The van der Waals surface area contributed by atoms with Gasteiger partial charge in [0.25, 0.3) is 0 Å². The summed E-state index contributed by atoms with van der Waals surface area (Å²) in [5, 5.41) is 0.476. The van der Waals surface area contributed by atoms with E-state index in [-0.39, 0.29) is 0 Å². The number of pyridine rings is 1. The first-order valence-corrected chi connectivity index (χ1v) is 5.66. The summed E-state index contributed by atoms with van der Waals surface area (Å²) in [4.78, 5) is 3.94. The highest BCUT2D eigenvalue weighted by Crippen LogP contribution is 2.33. The van der Waals surface area contributed by atoms with Gasteiger partial charge in [0.1, 0.15) is 11.5 Å². The normalized spacial score (nSPS) is 10.1. The van der Waals surface area contributed by atoms with Crippen molar-refractivity contribution >= 4 is 33.2 Å². The third-order valence-electron chi connectivity index (χ3n) is 1.91. The molecule has 0 aliphatic heterocycles. The van der Waals surface area contributed by atoms with Crippen LogP contribution in [0.5, 0.6) is 11.5 Å². The van der Waals surface area contributed by atoms with Crippen LogP contribution in [0.15, 0.2) is 41.1 Å². The van der Waals surface area contributed by atoms with E-state index in [1.807, 2.05) is 0 Å². The summed E-state index contributed by atoms with van der Waals surface area (Å²) < 4.78 is 6.39. The number of rotatable bonds is 2. The molecule has 16 heavy (non-hydrogen) atoms. The van der Waals surface area contributed by atoms with Crippen molar-refractivity contribution in [1.82, 2.24) is 4.98 Å². The number of anilines is 1. The zero-order valence-corrected chi connectivity index (χ0v) is 10.5. The zero-order valence-electron chi connectivity index (χ0n) is 8.15. The molecule has 0 aliphatic rings. The van der Waals surface area contributed by atoms with Crippen molar-refractivity contribution in [2.75, 3.05) is 5.73 Å². The molecule has 0 saturated carbocycles. The molecule has 2 rings (SSSR count). The summed E-state index contributed by atoms with van der Waals surface area (Å²) in [6, 6.07) is 6.85. The molecule has 0 spiro atoms. The van der Waals surface area contributed by atoms with E-state index >= 15 is 0 Å². The SMILES string of the molecule is Nc1ccc(Oc2ccncc2Br)c(Cl)c1. The van der Waals surface area contributed by atoms with Gasteiger partial charge in [-0.2, -0.15) is 0 Å². The van der Waals surface area contributed by atoms with Crippen molar-refractivity contribution in [2.24, 2.45) is 0 Å². The smallest absolute Gasteiger partial charge is 0.146 e. The van der Waals surface area contributed by atoms with Gasteiger partial charge in [-0.05, 0) is 34.1 Å². The minimum absolute atomic E-state index is 0.476. The van der Waals surface area contributed by atoms with Crippen LogP contribution in [0.25, 0.3) is 0 Å². The minimum Gasteiger partial charge on any atom is -0.454 e. The van der Waals surface area contributed by atoms with E-state index in [1.165, 1.54) is 0 Å². The Morgan fingerprint density at radius 3 is 2.75 bits per heavy atom. The standard InChI is InChI=1S/C11H8BrClN2O/c12-8-6-15-4-3-10(8)16-11-2-1-7(14)5-9(11)13/h1-6H,14H2. The molecule has 0 bridgehead atoms. The van der Waals surface area contributed by atoms with Crippen LogP contribution in [0.2, 0.25) is 5.02 Å². The molecular weight excluding hydrogens is 291 g/mol. The van der Waals surface area contributed by atoms with Gasteiger partial charge in [-0.15, -0.1) is 0 Å². The number of nitrogens with two attached hydrogens (primary N) is 1. The summed E-state index contributed by atoms with van der Waals surface area (Å²) in [5.74, 6) is 1.21. The van der Waals surface area contributed by atoms with E-state index in [9.17, 15) is 0 Å². The van der Waals surface area contributed by atoms with Crippen LogP contribution in [0.3, 0.4) is 0 Å². The van der Waals surface area contributed by atoms with Crippen molar-refractivity contribution in [2.45, 2.75) is 0 Å². The van der Waals surface area contributed by atoms with Crippen molar-refractivity contribution in [3.05, 3.63) is 46.2 Å². The second-order valence-electron chi connectivity index (χ2n) is 3.10. The number of aromatic nitrogens is 1. The lowest BCUT2D eigenvalue weighted by atomic mass is 10.3. The van der Waals surface area contributed by atoms with Gasteiger partial charge < -0.3 is 10.5 Å². The molecular formula is C11H8BrClN2O. The number of hydrogen-bond donors (Lipinski definition) is 1. The minimum atomic E-state index is 0.476. The second-order valence-corrected chi connectivity index (χ2v) is 4.36. The van der Waals surface area contributed by atoms with Crippen molar-refractivity contribution in [1.29, 1.82) is 0 Å². The van der Waals surface area contributed by atoms with E-state index < -0.39 is 0 Å². The maximum atomic E-state index is 6.00. The number of nitrogen functional groups attached to an aromatic ring is 1. The summed E-state index contributed by atoms with van der Waals surface area (Å²) in [5.41, 5.74) is 6.19. The average molecular weight is 300 g/mol. The number of nitrogens with zero attached hydrogens (tertiary/aromatic N) is 1. The van der Waals surface area contributed by atoms with Crippen molar-refractivity contribution in [3.8, 4) is 11.5 Å². The predicted octanol–water partition coefficient (Wildman–Crippen LogP) is 3.87. The van der Waals surface area contributed by atoms with Crippen LogP contribution >= 0.6 is 27.5 Å². The molecule has 0 fully saturated rings. The van der Waals surface area contributed by atoms with Crippen LogP contribution in [-0.4, -0.2) is 4.98 Å². The largest absolute Gasteiger partial charge is 0.454 e.